The summed E-state index contributed by atoms with van der Waals surface area (Å²) in [5.41, 5.74) is 7.58. The van der Waals surface area contributed by atoms with Crippen molar-refractivity contribution < 1.29 is 9.59 Å². The van der Waals surface area contributed by atoms with Gasteiger partial charge in [-0.05, 0) is 43.0 Å². The van der Waals surface area contributed by atoms with Crippen LogP contribution in [-0.4, -0.2) is 20.9 Å². The van der Waals surface area contributed by atoms with Gasteiger partial charge in [0.25, 0.3) is 5.91 Å². The Morgan fingerprint density at radius 1 is 1.15 bits per heavy atom. The Bertz CT molecular complexity index is 1070. The second-order valence-corrected chi connectivity index (χ2v) is 7.78. The van der Waals surface area contributed by atoms with Crippen molar-refractivity contribution in [2.45, 2.75) is 32.2 Å². The van der Waals surface area contributed by atoms with Crippen molar-refractivity contribution in [3.8, 4) is 0 Å². The first-order valence-corrected chi connectivity index (χ1v) is 9.71. The molecular formula is C19H20N4O3S. The summed E-state index contributed by atoms with van der Waals surface area (Å²) in [5.74, 6) is -0.641. The third-order valence-electron chi connectivity index (χ3n) is 4.90. The van der Waals surface area contributed by atoms with Crippen molar-refractivity contribution in [2.24, 2.45) is 7.05 Å². The second kappa shape index (κ2) is 7.03. The third-order valence-corrected chi connectivity index (χ3v) is 6.14. The lowest BCUT2D eigenvalue weighted by Gasteiger charge is -2.07. The maximum absolute atomic E-state index is 12.3. The van der Waals surface area contributed by atoms with Crippen LogP contribution in [0.5, 0.6) is 0 Å². The molecule has 1 aliphatic carbocycles. The second-order valence-electron chi connectivity index (χ2n) is 6.65. The van der Waals surface area contributed by atoms with E-state index in [1.807, 2.05) is 30.3 Å². The van der Waals surface area contributed by atoms with E-state index in [2.05, 4.69) is 10.9 Å². The summed E-state index contributed by atoms with van der Waals surface area (Å²) in [6, 6.07) is 9.36. The molecule has 27 heavy (non-hydrogen) atoms. The minimum absolute atomic E-state index is 0.0924. The van der Waals surface area contributed by atoms with Crippen LogP contribution in [0.2, 0.25) is 0 Å². The number of benzene rings is 1. The van der Waals surface area contributed by atoms with E-state index in [0.29, 0.717) is 4.88 Å². The molecule has 0 aliphatic heterocycles. The number of amides is 2. The molecule has 0 radical (unpaired) electrons. The molecule has 2 N–H and O–H groups in total. The van der Waals surface area contributed by atoms with Crippen molar-refractivity contribution in [3.05, 3.63) is 56.1 Å². The van der Waals surface area contributed by atoms with E-state index >= 15 is 0 Å². The van der Waals surface area contributed by atoms with Crippen LogP contribution in [-0.2, 0) is 31.2 Å². The fourth-order valence-electron chi connectivity index (χ4n) is 3.48. The van der Waals surface area contributed by atoms with Gasteiger partial charge in [-0.25, -0.2) is 4.79 Å². The maximum atomic E-state index is 12.3. The van der Waals surface area contributed by atoms with Crippen molar-refractivity contribution in [2.75, 3.05) is 0 Å². The van der Waals surface area contributed by atoms with Gasteiger partial charge < -0.3 is 0 Å². The Labute approximate surface area is 159 Å². The quantitative estimate of drug-likeness (QED) is 0.672. The maximum Gasteiger partial charge on any atom is 0.328 e. The van der Waals surface area contributed by atoms with Crippen LogP contribution >= 0.6 is 11.3 Å². The summed E-state index contributed by atoms with van der Waals surface area (Å²) in [6.07, 6.45) is 3.28. The van der Waals surface area contributed by atoms with Gasteiger partial charge in [0.15, 0.2) is 0 Å². The van der Waals surface area contributed by atoms with Gasteiger partial charge in [0.1, 0.15) is 0 Å². The van der Waals surface area contributed by atoms with Gasteiger partial charge in [-0.15, -0.1) is 11.3 Å². The monoisotopic (exact) mass is 384 g/mol. The van der Waals surface area contributed by atoms with Gasteiger partial charge in [-0.2, -0.15) is 0 Å². The average Bonchev–Trinajstić information content (AvgIpc) is 3.33. The largest absolute Gasteiger partial charge is 0.328 e. The number of rotatable bonds is 4. The number of aromatic nitrogens is 2. The molecule has 140 valence electrons. The van der Waals surface area contributed by atoms with Crippen LogP contribution in [0, 0.1) is 0 Å². The van der Waals surface area contributed by atoms with Gasteiger partial charge >= 0.3 is 5.69 Å². The number of aryl methyl sites for hydroxylation is 4. The number of carbonyl (C=O) groups is 2. The highest BCUT2D eigenvalue weighted by Crippen LogP contribution is 2.30. The molecule has 0 bridgehead atoms. The molecular weight excluding hydrogens is 364 g/mol. The van der Waals surface area contributed by atoms with E-state index < -0.39 is 0 Å². The number of carbonyl (C=O) groups excluding carboxylic acids is 2. The van der Waals surface area contributed by atoms with E-state index in [4.69, 9.17) is 0 Å². The number of para-hydroxylation sites is 2. The zero-order valence-corrected chi connectivity index (χ0v) is 15.8. The predicted molar refractivity (Wildman–Crippen MR) is 104 cm³/mol. The highest BCUT2D eigenvalue weighted by molar-refractivity contribution is 7.14. The number of imidazole rings is 1. The first-order valence-electron chi connectivity index (χ1n) is 8.89. The number of nitrogens with zero attached hydrogens (tertiary/aromatic N) is 2. The summed E-state index contributed by atoms with van der Waals surface area (Å²) in [4.78, 5) is 38.5. The number of fused-ring (bicyclic) bond motifs is 2. The molecule has 7 nitrogen and oxygen atoms in total. The van der Waals surface area contributed by atoms with Crippen LogP contribution in [0.25, 0.3) is 11.0 Å². The summed E-state index contributed by atoms with van der Waals surface area (Å²) < 4.78 is 3.13. The molecule has 0 fully saturated rings. The molecule has 2 aromatic heterocycles. The lowest BCUT2D eigenvalue weighted by molar-refractivity contribution is -0.122. The Kier molecular flexibility index (Phi) is 4.57. The molecule has 8 heteroatoms. The fourth-order valence-corrected chi connectivity index (χ4v) is 4.63. The molecule has 4 rings (SSSR count). The van der Waals surface area contributed by atoms with Crippen molar-refractivity contribution in [3.63, 3.8) is 0 Å². The predicted octanol–water partition coefficient (Wildman–Crippen LogP) is 1.74. The van der Waals surface area contributed by atoms with E-state index in [0.717, 1.165) is 30.3 Å². The zero-order chi connectivity index (χ0) is 19.0. The van der Waals surface area contributed by atoms with Crippen LogP contribution in [0.15, 0.2) is 35.1 Å². The Morgan fingerprint density at radius 3 is 2.70 bits per heavy atom. The standard InChI is InChI=1S/C19H20N4O3S/c1-22-13-6-2-3-7-14(13)23(19(22)26)10-9-17(24)20-21-18(25)16-11-12-5-4-8-15(12)27-16/h2-3,6-7,11H,4-5,8-10H2,1H3,(H,20,24)(H,21,25). The van der Waals surface area contributed by atoms with Gasteiger partial charge in [-0.1, -0.05) is 12.1 Å². The summed E-state index contributed by atoms with van der Waals surface area (Å²) in [7, 11) is 1.71. The zero-order valence-electron chi connectivity index (χ0n) is 14.9. The minimum Gasteiger partial charge on any atom is -0.295 e. The number of thiophene rings is 1. The van der Waals surface area contributed by atoms with Crippen molar-refractivity contribution >= 4 is 34.2 Å². The molecule has 0 spiro atoms. The van der Waals surface area contributed by atoms with E-state index in [1.54, 1.807) is 16.2 Å². The van der Waals surface area contributed by atoms with Crippen molar-refractivity contribution in [1.82, 2.24) is 20.0 Å². The number of nitrogens with one attached hydrogen (secondary N) is 2. The lowest BCUT2D eigenvalue weighted by atomic mass is 10.2. The molecule has 2 amide bonds. The fraction of sp³-hybridized carbons (Fsp3) is 0.316. The van der Waals surface area contributed by atoms with Crippen LogP contribution in [0.4, 0.5) is 0 Å². The number of hydrazine groups is 1. The van der Waals surface area contributed by atoms with E-state index in [9.17, 15) is 14.4 Å². The smallest absolute Gasteiger partial charge is 0.295 e. The number of hydrogen-bond acceptors (Lipinski definition) is 4. The van der Waals surface area contributed by atoms with E-state index in [1.165, 1.54) is 21.8 Å². The minimum atomic E-state index is -0.340. The SMILES string of the molecule is Cn1c(=O)n(CCC(=O)NNC(=O)c2cc3c(s2)CCC3)c2ccccc21. The third kappa shape index (κ3) is 3.28. The van der Waals surface area contributed by atoms with Gasteiger partial charge in [0.2, 0.25) is 5.91 Å². The van der Waals surface area contributed by atoms with Crippen LogP contribution in [0.1, 0.15) is 33.0 Å². The van der Waals surface area contributed by atoms with Crippen LogP contribution in [0.3, 0.4) is 0 Å². The van der Waals surface area contributed by atoms with E-state index in [-0.39, 0.29) is 30.5 Å². The molecule has 0 atom stereocenters. The van der Waals surface area contributed by atoms with Crippen LogP contribution < -0.4 is 16.5 Å². The molecule has 1 aromatic carbocycles. The normalized spacial score (nSPS) is 12.9. The first kappa shape index (κ1) is 17.5. The van der Waals surface area contributed by atoms with Crippen molar-refractivity contribution in [1.29, 1.82) is 0 Å². The average molecular weight is 384 g/mol. The van der Waals surface area contributed by atoms with Gasteiger partial charge in [0.05, 0.1) is 15.9 Å². The lowest BCUT2D eigenvalue weighted by Crippen LogP contribution is -2.41. The molecule has 0 unspecified atom stereocenters. The van der Waals surface area contributed by atoms with Gasteiger partial charge in [-0.3, -0.25) is 29.6 Å². The Balaban J connectivity index is 1.35. The molecule has 2 heterocycles. The highest BCUT2D eigenvalue weighted by atomic mass is 32.1. The summed E-state index contributed by atoms with van der Waals surface area (Å²) in [6.45, 7) is 0.245. The molecule has 3 aromatic rings. The van der Waals surface area contributed by atoms with Gasteiger partial charge in [0, 0.05) is 24.9 Å². The highest BCUT2D eigenvalue weighted by Gasteiger charge is 2.19. The molecule has 1 aliphatic rings. The summed E-state index contributed by atoms with van der Waals surface area (Å²) in [5, 5.41) is 0. The first-order chi connectivity index (χ1) is 13.0. The molecule has 0 saturated heterocycles. The Morgan fingerprint density at radius 2 is 1.93 bits per heavy atom. The summed E-state index contributed by atoms with van der Waals surface area (Å²) >= 11 is 1.49. The Hall–Kier alpha value is -2.87. The molecule has 0 saturated carbocycles. The topological polar surface area (TPSA) is 85.1 Å². The number of hydrogen-bond donors (Lipinski definition) is 2.